The molecule has 1 aliphatic heterocycles. The lowest BCUT2D eigenvalue weighted by Crippen LogP contribution is -2.47. The fraction of sp³-hybridized carbons (Fsp3) is 0.455. The largest absolute Gasteiger partial charge is 0.367 e. The Balaban J connectivity index is 1.41. The van der Waals surface area contributed by atoms with E-state index in [1.165, 1.54) is 6.07 Å². The number of piperazine rings is 1. The van der Waals surface area contributed by atoms with Gasteiger partial charge in [0.25, 0.3) is 0 Å². The quantitative estimate of drug-likeness (QED) is 0.666. The zero-order valence-corrected chi connectivity index (χ0v) is 18.0. The predicted molar refractivity (Wildman–Crippen MR) is 115 cm³/mol. The first-order valence-electron chi connectivity index (χ1n) is 10.2. The maximum Gasteiger partial charge on any atom is 0.240 e. The Morgan fingerprint density at radius 3 is 2.28 bits per heavy atom. The monoisotopic (exact) mass is 419 g/mol. The van der Waals surface area contributed by atoms with Crippen molar-refractivity contribution in [2.24, 2.45) is 0 Å². The molecule has 2 aromatic carbocycles. The van der Waals surface area contributed by atoms with Gasteiger partial charge in [-0.3, -0.25) is 4.90 Å². The van der Waals surface area contributed by atoms with Crippen LogP contribution in [0.5, 0.6) is 0 Å². The molecule has 0 atom stereocenters. The Labute approximate surface area is 173 Å². The molecule has 3 rings (SSSR count). The molecule has 0 unspecified atom stereocenters. The number of hydrogen-bond acceptors (Lipinski definition) is 4. The zero-order chi connectivity index (χ0) is 20.9. The summed E-state index contributed by atoms with van der Waals surface area (Å²) in [5.41, 5.74) is 1.78. The van der Waals surface area contributed by atoms with Gasteiger partial charge in [-0.15, -0.1) is 0 Å². The van der Waals surface area contributed by atoms with E-state index in [1.807, 2.05) is 24.3 Å². The Hall–Kier alpha value is -1.96. The van der Waals surface area contributed by atoms with Gasteiger partial charge >= 0.3 is 0 Å². The van der Waals surface area contributed by atoms with Gasteiger partial charge in [0.2, 0.25) is 10.0 Å². The molecule has 29 heavy (non-hydrogen) atoms. The highest BCUT2D eigenvalue weighted by atomic mass is 32.2. The summed E-state index contributed by atoms with van der Waals surface area (Å²) in [6.45, 7) is 8.62. The third-order valence-corrected chi connectivity index (χ3v) is 6.84. The third-order valence-electron chi connectivity index (χ3n) is 5.37. The lowest BCUT2D eigenvalue weighted by atomic mass is 10.0. The van der Waals surface area contributed by atoms with Gasteiger partial charge in [0.15, 0.2) is 0 Å². The van der Waals surface area contributed by atoms with E-state index < -0.39 is 10.0 Å². The first kappa shape index (κ1) is 21.7. The Morgan fingerprint density at radius 2 is 1.66 bits per heavy atom. The Bertz CT molecular complexity index is 893. The molecule has 1 aliphatic rings. The molecule has 1 N–H and O–H groups in total. The van der Waals surface area contributed by atoms with Crippen LogP contribution >= 0.6 is 0 Å². The lowest BCUT2D eigenvalue weighted by molar-refractivity contribution is 0.255. The topological polar surface area (TPSA) is 52.7 Å². The summed E-state index contributed by atoms with van der Waals surface area (Å²) >= 11 is 0. The van der Waals surface area contributed by atoms with E-state index in [0.717, 1.165) is 44.7 Å². The standard InChI is InChI=1S/C22H30FN3O2S/c1-18(2)19-8-10-20(11-9-19)29(27,28)24-12-5-13-25-14-16-26(17-15-25)22-7-4-3-6-21(22)23/h3-4,6-11,18,24H,5,12-17H2,1-2H3. The molecule has 0 aromatic heterocycles. The second-order valence-corrected chi connectivity index (χ2v) is 9.52. The molecule has 0 saturated carbocycles. The van der Waals surface area contributed by atoms with Gasteiger partial charge in [-0.2, -0.15) is 0 Å². The minimum Gasteiger partial charge on any atom is -0.367 e. The molecular weight excluding hydrogens is 389 g/mol. The summed E-state index contributed by atoms with van der Waals surface area (Å²) < 4.78 is 41.5. The van der Waals surface area contributed by atoms with Crippen molar-refractivity contribution in [3.05, 3.63) is 59.9 Å². The van der Waals surface area contributed by atoms with Crippen molar-refractivity contribution in [2.45, 2.75) is 31.1 Å². The lowest BCUT2D eigenvalue weighted by Gasteiger charge is -2.36. The van der Waals surface area contributed by atoms with Gasteiger partial charge in [-0.1, -0.05) is 38.1 Å². The molecule has 158 valence electrons. The number of hydrogen-bond donors (Lipinski definition) is 1. The van der Waals surface area contributed by atoms with E-state index in [-0.39, 0.29) is 5.82 Å². The molecule has 0 spiro atoms. The molecule has 0 aliphatic carbocycles. The highest BCUT2D eigenvalue weighted by Crippen LogP contribution is 2.20. The van der Waals surface area contributed by atoms with Crippen molar-refractivity contribution in [3.8, 4) is 0 Å². The van der Waals surface area contributed by atoms with Crippen LogP contribution in [0.2, 0.25) is 0 Å². The van der Waals surface area contributed by atoms with Gasteiger partial charge in [-0.25, -0.2) is 17.5 Å². The molecule has 1 fully saturated rings. The highest BCUT2D eigenvalue weighted by molar-refractivity contribution is 7.89. The fourth-order valence-electron chi connectivity index (χ4n) is 3.54. The van der Waals surface area contributed by atoms with Crippen molar-refractivity contribution in [1.29, 1.82) is 0 Å². The van der Waals surface area contributed by atoms with Gasteiger partial charge in [0, 0.05) is 32.7 Å². The fourth-order valence-corrected chi connectivity index (χ4v) is 4.62. The molecule has 0 amide bonds. The normalized spacial score (nSPS) is 15.8. The summed E-state index contributed by atoms with van der Waals surface area (Å²) in [5.74, 6) is 0.190. The van der Waals surface area contributed by atoms with Gasteiger partial charge in [0.1, 0.15) is 5.82 Å². The van der Waals surface area contributed by atoms with Crippen molar-refractivity contribution in [2.75, 3.05) is 44.2 Å². The molecule has 7 heteroatoms. The zero-order valence-electron chi connectivity index (χ0n) is 17.1. The molecule has 1 saturated heterocycles. The summed E-state index contributed by atoms with van der Waals surface area (Å²) in [7, 11) is -3.47. The van der Waals surface area contributed by atoms with Crippen molar-refractivity contribution in [1.82, 2.24) is 9.62 Å². The molecule has 0 bridgehead atoms. The number of rotatable bonds is 8. The van der Waals surface area contributed by atoms with Crippen molar-refractivity contribution >= 4 is 15.7 Å². The number of anilines is 1. The Morgan fingerprint density at radius 1 is 1.00 bits per heavy atom. The van der Waals surface area contributed by atoms with E-state index in [2.05, 4.69) is 28.4 Å². The van der Waals surface area contributed by atoms with Crippen LogP contribution in [0.25, 0.3) is 0 Å². The predicted octanol–water partition coefficient (Wildman–Crippen LogP) is 3.44. The van der Waals surface area contributed by atoms with Crippen LogP contribution < -0.4 is 9.62 Å². The number of nitrogens with zero attached hydrogens (tertiary/aromatic N) is 2. The van der Waals surface area contributed by atoms with E-state index in [0.29, 0.717) is 23.0 Å². The van der Waals surface area contributed by atoms with Crippen LogP contribution in [0.4, 0.5) is 10.1 Å². The molecular formula is C22H30FN3O2S. The minimum absolute atomic E-state index is 0.184. The number of nitrogens with one attached hydrogen (secondary N) is 1. The first-order valence-corrected chi connectivity index (χ1v) is 11.7. The minimum atomic E-state index is -3.47. The van der Waals surface area contributed by atoms with Crippen molar-refractivity contribution in [3.63, 3.8) is 0 Å². The molecule has 1 heterocycles. The summed E-state index contributed by atoms with van der Waals surface area (Å²) in [4.78, 5) is 4.67. The molecule has 2 aromatic rings. The van der Waals surface area contributed by atoms with Crippen LogP contribution in [0.1, 0.15) is 31.7 Å². The Kier molecular flexibility index (Phi) is 7.27. The number of halogens is 1. The summed E-state index contributed by atoms with van der Waals surface area (Å²) in [5, 5.41) is 0. The number of benzene rings is 2. The van der Waals surface area contributed by atoms with Gasteiger partial charge in [0.05, 0.1) is 10.6 Å². The van der Waals surface area contributed by atoms with Crippen LogP contribution in [0.3, 0.4) is 0 Å². The second kappa shape index (κ2) is 9.69. The maximum absolute atomic E-state index is 13.9. The molecule has 5 nitrogen and oxygen atoms in total. The SMILES string of the molecule is CC(C)c1ccc(S(=O)(=O)NCCCN2CCN(c3ccccc3F)CC2)cc1. The molecule has 0 radical (unpaired) electrons. The van der Waals surface area contributed by atoms with Crippen LogP contribution in [0.15, 0.2) is 53.4 Å². The van der Waals surface area contributed by atoms with Crippen LogP contribution in [0, 0.1) is 5.82 Å². The maximum atomic E-state index is 13.9. The van der Waals surface area contributed by atoms with E-state index in [1.54, 1.807) is 18.2 Å². The second-order valence-electron chi connectivity index (χ2n) is 7.76. The van der Waals surface area contributed by atoms with Gasteiger partial charge < -0.3 is 4.90 Å². The van der Waals surface area contributed by atoms with Crippen LogP contribution in [-0.4, -0.2) is 52.6 Å². The van der Waals surface area contributed by atoms with Crippen molar-refractivity contribution < 1.29 is 12.8 Å². The smallest absolute Gasteiger partial charge is 0.240 e. The van der Waals surface area contributed by atoms with Gasteiger partial charge in [-0.05, 0) is 48.7 Å². The number of sulfonamides is 1. The average Bonchev–Trinajstić information content (AvgIpc) is 2.72. The van der Waals surface area contributed by atoms with E-state index in [4.69, 9.17) is 0 Å². The van der Waals surface area contributed by atoms with E-state index >= 15 is 0 Å². The summed E-state index contributed by atoms with van der Waals surface area (Å²) in [6, 6.07) is 13.9. The first-order chi connectivity index (χ1) is 13.9. The summed E-state index contributed by atoms with van der Waals surface area (Å²) in [6.07, 6.45) is 0.739. The van der Waals surface area contributed by atoms with E-state index in [9.17, 15) is 12.8 Å². The average molecular weight is 420 g/mol. The van der Waals surface area contributed by atoms with Crippen LogP contribution in [-0.2, 0) is 10.0 Å². The third kappa shape index (κ3) is 5.78. The number of para-hydroxylation sites is 1. The highest BCUT2D eigenvalue weighted by Gasteiger charge is 2.19.